The molecule has 4 nitrogen and oxygen atoms in total. The number of rotatable bonds is 29. The lowest BCUT2D eigenvalue weighted by atomic mass is 10.0. The molecule has 0 rings (SSSR count). The van der Waals surface area contributed by atoms with Crippen LogP contribution in [-0.4, -0.2) is 23.1 Å². The number of carboxylic acids is 1. The van der Waals surface area contributed by atoms with Crippen LogP contribution >= 0.6 is 0 Å². The van der Waals surface area contributed by atoms with Crippen molar-refractivity contribution in [3.05, 3.63) is 60.8 Å². The Morgan fingerprint density at radius 2 is 1.02 bits per heavy atom. The summed E-state index contributed by atoms with van der Waals surface area (Å²) in [7, 11) is 0. The molecular weight excluding hydrogens is 508 g/mol. The molecule has 0 aliphatic carbocycles. The van der Waals surface area contributed by atoms with Gasteiger partial charge in [-0.05, 0) is 77.0 Å². The monoisotopic (exact) mass is 570 g/mol. The number of allylic oxidation sites excluding steroid dienone is 10. The van der Waals surface area contributed by atoms with Crippen LogP contribution < -0.4 is 0 Å². The first-order valence-electron chi connectivity index (χ1n) is 16.8. The molecule has 0 radical (unpaired) electrons. The molecule has 0 saturated carbocycles. The van der Waals surface area contributed by atoms with Gasteiger partial charge >= 0.3 is 11.9 Å². The Morgan fingerprint density at radius 1 is 0.561 bits per heavy atom. The van der Waals surface area contributed by atoms with Crippen LogP contribution in [0.25, 0.3) is 0 Å². The Morgan fingerprint density at radius 3 is 1.54 bits per heavy atom. The van der Waals surface area contributed by atoms with Crippen LogP contribution in [0.2, 0.25) is 0 Å². The zero-order valence-corrected chi connectivity index (χ0v) is 26.6. The largest absolute Gasteiger partial charge is 0.481 e. The quantitative estimate of drug-likeness (QED) is 0.0552. The van der Waals surface area contributed by atoms with Crippen LogP contribution in [-0.2, 0) is 14.3 Å². The van der Waals surface area contributed by atoms with Gasteiger partial charge in [0.2, 0.25) is 0 Å². The van der Waals surface area contributed by atoms with Crippen molar-refractivity contribution in [1.29, 1.82) is 0 Å². The molecule has 0 fully saturated rings. The number of hydrogen-bond donors (Lipinski definition) is 1. The second-order valence-corrected chi connectivity index (χ2v) is 11.0. The van der Waals surface area contributed by atoms with Crippen LogP contribution in [0.4, 0.5) is 0 Å². The molecule has 0 saturated heterocycles. The molecule has 41 heavy (non-hydrogen) atoms. The zero-order valence-electron chi connectivity index (χ0n) is 26.6. The summed E-state index contributed by atoms with van der Waals surface area (Å²) in [5, 5.41) is 8.76. The Bertz CT molecular complexity index is 744. The summed E-state index contributed by atoms with van der Waals surface area (Å²) in [6, 6.07) is 0. The highest BCUT2D eigenvalue weighted by Crippen LogP contribution is 2.18. The van der Waals surface area contributed by atoms with E-state index in [0.717, 1.165) is 96.3 Å². The third-order valence-corrected chi connectivity index (χ3v) is 7.00. The minimum Gasteiger partial charge on any atom is -0.481 e. The number of carbonyl (C=O) groups excluding carboxylic acids is 1. The molecule has 0 spiro atoms. The minimum absolute atomic E-state index is 0.0291. The van der Waals surface area contributed by atoms with Crippen molar-refractivity contribution in [2.45, 2.75) is 161 Å². The highest BCUT2D eigenvalue weighted by atomic mass is 16.5. The van der Waals surface area contributed by atoms with E-state index >= 15 is 0 Å². The molecule has 234 valence electrons. The molecule has 0 aromatic rings. The standard InChI is InChI=1S/C37H62O4/c1-3-5-7-9-11-12-13-14-15-16-17-18-19-20-21-26-30-34-37(40)41-35(31-27-23-10-8-6-4-2)32-28-24-22-25-29-33-36(38)39/h5,7,11-12,14-15,17-18,20-21,35H,3-4,6,8-10,13,16,19,22-34H2,1-2H3,(H,38,39)/b7-5-,12-11-,15-14-,18-17-,21-20-. The Labute approximate surface area is 253 Å². The van der Waals surface area contributed by atoms with Crippen molar-refractivity contribution in [1.82, 2.24) is 0 Å². The Kier molecular flexibility index (Phi) is 30.3. The van der Waals surface area contributed by atoms with E-state index in [0.29, 0.717) is 6.42 Å². The minimum atomic E-state index is -0.711. The highest BCUT2D eigenvalue weighted by molar-refractivity contribution is 5.69. The van der Waals surface area contributed by atoms with Crippen molar-refractivity contribution in [3.63, 3.8) is 0 Å². The first-order chi connectivity index (χ1) is 20.1. The lowest BCUT2D eigenvalue weighted by Gasteiger charge is -2.18. The van der Waals surface area contributed by atoms with Crippen molar-refractivity contribution in [2.24, 2.45) is 0 Å². The molecule has 4 heteroatoms. The van der Waals surface area contributed by atoms with Gasteiger partial charge in [0.25, 0.3) is 0 Å². The zero-order chi connectivity index (χ0) is 30.1. The summed E-state index contributed by atoms with van der Waals surface area (Å²) in [5.74, 6) is -0.771. The van der Waals surface area contributed by atoms with Gasteiger partial charge in [-0.3, -0.25) is 9.59 Å². The third kappa shape index (κ3) is 32.0. The van der Waals surface area contributed by atoms with E-state index in [1.807, 2.05) is 0 Å². The Hall–Kier alpha value is -2.36. The fourth-order valence-corrected chi connectivity index (χ4v) is 4.57. The van der Waals surface area contributed by atoms with Crippen molar-refractivity contribution >= 4 is 11.9 Å². The number of ether oxygens (including phenoxy) is 1. The predicted molar refractivity (Wildman–Crippen MR) is 176 cm³/mol. The molecule has 0 aliphatic rings. The molecule has 1 N–H and O–H groups in total. The maximum Gasteiger partial charge on any atom is 0.306 e. The fourth-order valence-electron chi connectivity index (χ4n) is 4.57. The summed E-state index contributed by atoms with van der Waals surface area (Å²) >= 11 is 0. The number of aliphatic carboxylic acids is 1. The van der Waals surface area contributed by atoms with E-state index < -0.39 is 5.97 Å². The van der Waals surface area contributed by atoms with Crippen LogP contribution in [0.15, 0.2) is 60.8 Å². The maximum absolute atomic E-state index is 12.5. The molecule has 0 bridgehead atoms. The number of unbranched alkanes of at least 4 members (excludes halogenated alkanes) is 10. The number of hydrogen-bond acceptors (Lipinski definition) is 3. The topological polar surface area (TPSA) is 63.6 Å². The lowest BCUT2D eigenvalue weighted by Crippen LogP contribution is -2.18. The summed E-state index contributed by atoms with van der Waals surface area (Å²) in [6.45, 7) is 4.39. The average molecular weight is 571 g/mol. The number of carbonyl (C=O) groups is 2. The average Bonchev–Trinajstić information content (AvgIpc) is 2.95. The van der Waals surface area contributed by atoms with E-state index in [1.165, 1.54) is 32.1 Å². The molecule has 0 aromatic heterocycles. The van der Waals surface area contributed by atoms with Gasteiger partial charge < -0.3 is 9.84 Å². The van der Waals surface area contributed by atoms with Crippen molar-refractivity contribution < 1.29 is 19.4 Å². The normalized spacial score (nSPS) is 13.0. The predicted octanol–water partition coefficient (Wildman–Crippen LogP) is 11.4. The van der Waals surface area contributed by atoms with E-state index in [4.69, 9.17) is 9.84 Å². The molecule has 1 unspecified atom stereocenters. The molecular formula is C37H62O4. The summed E-state index contributed by atoms with van der Waals surface area (Å²) < 4.78 is 5.90. The van der Waals surface area contributed by atoms with Gasteiger partial charge in [-0.25, -0.2) is 0 Å². The van der Waals surface area contributed by atoms with Crippen molar-refractivity contribution in [3.8, 4) is 0 Å². The van der Waals surface area contributed by atoms with Gasteiger partial charge in [0.1, 0.15) is 6.10 Å². The number of carboxylic acid groups (broad SMARTS) is 1. The summed E-state index contributed by atoms with van der Waals surface area (Å²) in [5.41, 5.74) is 0. The van der Waals surface area contributed by atoms with Crippen LogP contribution in [0.3, 0.4) is 0 Å². The van der Waals surface area contributed by atoms with E-state index in [1.54, 1.807) is 0 Å². The second kappa shape index (κ2) is 32.2. The molecule has 0 heterocycles. The third-order valence-electron chi connectivity index (χ3n) is 7.00. The van der Waals surface area contributed by atoms with Gasteiger partial charge in [0.15, 0.2) is 0 Å². The Balaban J connectivity index is 4.09. The lowest BCUT2D eigenvalue weighted by molar-refractivity contribution is -0.150. The molecule has 1 atom stereocenters. The van der Waals surface area contributed by atoms with E-state index in [-0.39, 0.29) is 18.5 Å². The van der Waals surface area contributed by atoms with E-state index in [9.17, 15) is 9.59 Å². The van der Waals surface area contributed by atoms with Crippen LogP contribution in [0.5, 0.6) is 0 Å². The van der Waals surface area contributed by atoms with Gasteiger partial charge in [-0.2, -0.15) is 0 Å². The second-order valence-electron chi connectivity index (χ2n) is 11.0. The highest BCUT2D eigenvalue weighted by Gasteiger charge is 2.14. The van der Waals surface area contributed by atoms with Gasteiger partial charge in [0.05, 0.1) is 0 Å². The van der Waals surface area contributed by atoms with E-state index in [2.05, 4.69) is 74.6 Å². The maximum atomic E-state index is 12.5. The van der Waals surface area contributed by atoms with Gasteiger partial charge in [-0.15, -0.1) is 0 Å². The number of esters is 1. The SMILES string of the molecule is CC/C=C\C/C=C\C/C=C\C/C=C\C/C=C\CCCC(=O)OC(CCCCCCCC)CCCCCCCC(=O)O. The molecule has 0 aliphatic heterocycles. The van der Waals surface area contributed by atoms with Crippen LogP contribution in [0.1, 0.15) is 155 Å². The van der Waals surface area contributed by atoms with Crippen LogP contribution in [0, 0.1) is 0 Å². The summed E-state index contributed by atoms with van der Waals surface area (Å²) in [4.78, 5) is 23.1. The fraction of sp³-hybridized carbons (Fsp3) is 0.676. The van der Waals surface area contributed by atoms with Gasteiger partial charge in [0, 0.05) is 12.8 Å². The first-order valence-corrected chi connectivity index (χ1v) is 16.8. The smallest absolute Gasteiger partial charge is 0.306 e. The van der Waals surface area contributed by atoms with Gasteiger partial charge in [-0.1, -0.05) is 126 Å². The molecule has 0 amide bonds. The first kappa shape index (κ1) is 38.6. The van der Waals surface area contributed by atoms with Crippen molar-refractivity contribution in [2.75, 3.05) is 0 Å². The molecule has 0 aromatic carbocycles. The summed E-state index contributed by atoms with van der Waals surface area (Å²) in [6.07, 6.45) is 43.8.